The average Bonchev–Trinajstić information content (AvgIpc) is 3.16. The number of amides is 2. The molecular weight excluding hydrogens is 349 g/mol. The Morgan fingerprint density at radius 1 is 1.00 bits per heavy atom. The van der Waals surface area contributed by atoms with Gasteiger partial charge in [-0.15, -0.1) is 0 Å². The Morgan fingerprint density at radius 3 is 2.52 bits per heavy atom. The van der Waals surface area contributed by atoms with E-state index in [-0.39, 0.29) is 18.6 Å². The molecule has 7 heteroatoms. The SMILES string of the molecule is O=C(NCCc1ccc2c(c1)OCO2)N1CCN(c2ccc(F)cc2)CC1. The van der Waals surface area contributed by atoms with Gasteiger partial charge in [-0.3, -0.25) is 0 Å². The van der Waals surface area contributed by atoms with Crippen molar-refractivity contribution in [2.45, 2.75) is 6.42 Å². The minimum absolute atomic E-state index is 0.0468. The molecule has 2 aliphatic rings. The first-order valence-electron chi connectivity index (χ1n) is 9.11. The summed E-state index contributed by atoms with van der Waals surface area (Å²) in [6.07, 6.45) is 0.734. The molecular formula is C20H22FN3O3. The smallest absolute Gasteiger partial charge is 0.317 e. The van der Waals surface area contributed by atoms with E-state index in [1.807, 2.05) is 23.1 Å². The Kier molecular flexibility index (Phi) is 5.00. The summed E-state index contributed by atoms with van der Waals surface area (Å²) in [6.45, 7) is 3.60. The number of nitrogens with zero attached hydrogens (tertiary/aromatic N) is 2. The number of urea groups is 1. The third-order valence-corrected chi connectivity index (χ3v) is 4.89. The van der Waals surface area contributed by atoms with Crippen molar-refractivity contribution in [3.63, 3.8) is 0 Å². The second kappa shape index (κ2) is 7.73. The van der Waals surface area contributed by atoms with Gasteiger partial charge >= 0.3 is 6.03 Å². The number of ether oxygens (including phenoxy) is 2. The predicted molar refractivity (Wildman–Crippen MR) is 99.9 cm³/mol. The molecule has 142 valence electrons. The number of hydrogen-bond donors (Lipinski definition) is 1. The second-order valence-corrected chi connectivity index (χ2v) is 6.62. The van der Waals surface area contributed by atoms with Crippen molar-refractivity contribution < 1.29 is 18.7 Å². The number of carbonyl (C=O) groups excluding carboxylic acids is 1. The molecule has 4 rings (SSSR count). The van der Waals surface area contributed by atoms with Crippen LogP contribution in [0, 0.1) is 5.82 Å². The highest BCUT2D eigenvalue weighted by atomic mass is 19.1. The van der Waals surface area contributed by atoms with Crippen LogP contribution < -0.4 is 19.7 Å². The van der Waals surface area contributed by atoms with Crippen molar-refractivity contribution in [3.8, 4) is 11.5 Å². The van der Waals surface area contributed by atoms with Crippen LogP contribution in [-0.4, -0.2) is 50.4 Å². The third kappa shape index (κ3) is 4.07. The molecule has 1 saturated heterocycles. The van der Waals surface area contributed by atoms with Crippen LogP contribution in [0.1, 0.15) is 5.56 Å². The molecule has 0 atom stereocenters. The molecule has 0 saturated carbocycles. The van der Waals surface area contributed by atoms with Gasteiger partial charge in [0.25, 0.3) is 0 Å². The van der Waals surface area contributed by atoms with Crippen LogP contribution in [0.3, 0.4) is 0 Å². The van der Waals surface area contributed by atoms with E-state index in [1.54, 1.807) is 12.1 Å². The number of hydrogen-bond acceptors (Lipinski definition) is 4. The minimum atomic E-state index is -0.237. The van der Waals surface area contributed by atoms with E-state index >= 15 is 0 Å². The maximum Gasteiger partial charge on any atom is 0.317 e. The molecule has 6 nitrogen and oxygen atoms in total. The summed E-state index contributed by atoms with van der Waals surface area (Å²) in [5.74, 6) is 1.29. The first kappa shape index (κ1) is 17.5. The van der Waals surface area contributed by atoms with Crippen molar-refractivity contribution in [3.05, 3.63) is 53.8 Å². The number of nitrogens with one attached hydrogen (secondary N) is 1. The summed E-state index contributed by atoms with van der Waals surface area (Å²) in [7, 11) is 0. The van der Waals surface area contributed by atoms with Crippen molar-refractivity contribution in [2.75, 3.05) is 44.4 Å². The first-order chi connectivity index (χ1) is 13.2. The van der Waals surface area contributed by atoms with Gasteiger partial charge in [0.15, 0.2) is 11.5 Å². The molecule has 2 aliphatic heterocycles. The highest BCUT2D eigenvalue weighted by molar-refractivity contribution is 5.74. The van der Waals surface area contributed by atoms with Crippen LogP contribution in [-0.2, 0) is 6.42 Å². The Balaban J connectivity index is 1.22. The van der Waals surface area contributed by atoms with Crippen LogP contribution >= 0.6 is 0 Å². The highest BCUT2D eigenvalue weighted by Gasteiger charge is 2.21. The molecule has 0 aromatic heterocycles. The van der Waals surface area contributed by atoms with E-state index in [2.05, 4.69) is 10.2 Å². The van der Waals surface area contributed by atoms with Crippen LogP contribution in [0.4, 0.5) is 14.9 Å². The Bertz CT molecular complexity index is 805. The van der Waals surface area contributed by atoms with Gasteiger partial charge in [0.05, 0.1) is 0 Å². The summed E-state index contributed by atoms with van der Waals surface area (Å²) in [5.41, 5.74) is 2.08. The average molecular weight is 371 g/mol. The number of piperazine rings is 1. The molecule has 0 radical (unpaired) electrons. The van der Waals surface area contributed by atoms with Gasteiger partial charge in [-0.05, 0) is 48.4 Å². The summed E-state index contributed by atoms with van der Waals surface area (Å²) in [5, 5.41) is 2.98. The lowest BCUT2D eigenvalue weighted by Gasteiger charge is -2.36. The number of rotatable bonds is 4. The number of fused-ring (bicyclic) bond motifs is 1. The summed E-state index contributed by atoms with van der Waals surface area (Å²) < 4.78 is 23.7. The predicted octanol–water partition coefficient (Wildman–Crippen LogP) is 2.63. The molecule has 2 amide bonds. The molecule has 27 heavy (non-hydrogen) atoms. The maximum absolute atomic E-state index is 13.0. The highest BCUT2D eigenvalue weighted by Crippen LogP contribution is 2.32. The largest absolute Gasteiger partial charge is 0.454 e. The molecule has 1 N–H and O–H groups in total. The van der Waals surface area contributed by atoms with Crippen LogP contribution in [0.2, 0.25) is 0 Å². The molecule has 2 aromatic rings. The molecule has 0 aliphatic carbocycles. The fourth-order valence-corrected chi connectivity index (χ4v) is 3.34. The normalized spacial score (nSPS) is 15.7. The summed E-state index contributed by atoms with van der Waals surface area (Å²) in [6, 6.07) is 12.3. The Hall–Kier alpha value is -2.96. The zero-order valence-corrected chi connectivity index (χ0v) is 15.0. The molecule has 0 bridgehead atoms. The molecule has 0 spiro atoms. The maximum atomic E-state index is 13.0. The monoisotopic (exact) mass is 371 g/mol. The third-order valence-electron chi connectivity index (χ3n) is 4.89. The van der Waals surface area contributed by atoms with Gasteiger partial charge in [-0.1, -0.05) is 6.07 Å². The van der Waals surface area contributed by atoms with E-state index in [0.29, 0.717) is 19.6 Å². The van der Waals surface area contributed by atoms with Crippen molar-refractivity contribution >= 4 is 11.7 Å². The van der Waals surface area contributed by atoms with E-state index in [0.717, 1.165) is 42.3 Å². The van der Waals surface area contributed by atoms with Gasteiger partial charge in [0.1, 0.15) is 5.82 Å². The van der Waals surface area contributed by atoms with Crippen molar-refractivity contribution in [2.24, 2.45) is 0 Å². The van der Waals surface area contributed by atoms with Crippen LogP contribution in [0.25, 0.3) is 0 Å². The number of halogens is 1. The quantitative estimate of drug-likeness (QED) is 0.898. The Morgan fingerprint density at radius 2 is 1.74 bits per heavy atom. The van der Waals surface area contributed by atoms with Crippen LogP contribution in [0.15, 0.2) is 42.5 Å². The van der Waals surface area contributed by atoms with Crippen LogP contribution in [0.5, 0.6) is 11.5 Å². The fraction of sp³-hybridized carbons (Fsp3) is 0.350. The van der Waals surface area contributed by atoms with E-state index in [4.69, 9.17) is 9.47 Å². The van der Waals surface area contributed by atoms with Gasteiger partial charge < -0.3 is 24.6 Å². The Labute approximate surface area is 157 Å². The minimum Gasteiger partial charge on any atom is -0.454 e. The lowest BCUT2D eigenvalue weighted by Crippen LogP contribution is -2.52. The lowest BCUT2D eigenvalue weighted by atomic mass is 10.1. The number of benzene rings is 2. The molecule has 0 unspecified atom stereocenters. The molecule has 2 heterocycles. The van der Waals surface area contributed by atoms with Gasteiger partial charge in [0.2, 0.25) is 6.79 Å². The van der Waals surface area contributed by atoms with E-state index in [1.165, 1.54) is 12.1 Å². The second-order valence-electron chi connectivity index (χ2n) is 6.62. The van der Waals surface area contributed by atoms with Gasteiger partial charge in [0, 0.05) is 38.4 Å². The number of carbonyl (C=O) groups is 1. The zero-order valence-electron chi connectivity index (χ0n) is 15.0. The van der Waals surface area contributed by atoms with Gasteiger partial charge in [-0.2, -0.15) is 0 Å². The van der Waals surface area contributed by atoms with Crippen molar-refractivity contribution in [1.29, 1.82) is 0 Å². The van der Waals surface area contributed by atoms with Crippen molar-refractivity contribution in [1.82, 2.24) is 10.2 Å². The zero-order chi connectivity index (χ0) is 18.6. The molecule has 2 aromatic carbocycles. The van der Waals surface area contributed by atoms with Gasteiger partial charge in [-0.25, -0.2) is 9.18 Å². The topological polar surface area (TPSA) is 54.0 Å². The summed E-state index contributed by atoms with van der Waals surface area (Å²) in [4.78, 5) is 16.3. The number of anilines is 1. The summed E-state index contributed by atoms with van der Waals surface area (Å²) >= 11 is 0. The lowest BCUT2D eigenvalue weighted by molar-refractivity contribution is 0.174. The fourth-order valence-electron chi connectivity index (χ4n) is 3.34. The first-order valence-corrected chi connectivity index (χ1v) is 9.11. The standard InChI is InChI=1S/C20H22FN3O3/c21-16-2-4-17(5-3-16)23-9-11-24(12-10-23)20(25)22-8-7-15-1-6-18-19(13-15)27-14-26-18/h1-6,13H,7-12,14H2,(H,22,25). The molecule has 1 fully saturated rings. The van der Waals surface area contributed by atoms with E-state index < -0.39 is 0 Å². The van der Waals surface area contributed by atoms with E-state index in [9.17, 15) is 9.18 Å².